The van der Waals surface area contributed by atoms with Crippen molar-refractivity contribution in [3.8, 4) is 51.0 Å². The lowest BCUT2D eigenvalue weighted by Gasteiger charge is -2.57. The molecule has 0 unspecified atom stereocenters. The van der Waals surface area contributed by atoms with Crippen LogP contribution >= 0.6 is 0 Å². The Hall–Kier alpha value is -7.83. The third kappa shape index (κ3) is 5.78. The van der Waals surface area contributed by atoms with Gasteiger partial charge in [-0.05, 0) is 139 Å². The molecule has 6 nitrogen and oxygen atoms in total. The van der Waals surface area contributed by atoms with E-state index in [4.69, 9.17) is 23.8 Å². The molecule has 0 N–H and O–H groups in total. The molecule has 0 amide bonds. The Balaban J connectivity index is 0.896. The van der Waals surface area contributed by atoms with Crippen LogP contribution in [0.2, 0.25) is 0 Å². The summed E-state index contributed by atoms with van der Waals surface area (Å²) in [5, 5.41) is 6.70. The SMILES string of the molecule is c1ccc(-n2c3ccc(-c4ccc5c(c4)oc4ccccc45)cc3c3ccc(-c4nc(-c5ccc(C67CC8CC(CC(C8)C6)C7)cc5)nc(-c5cccc6c5oc5ccccc56)n4)cc32)cc1. The highest BCUT2D eigenvalue weighted by Gasteiger charge is 2.51. The molecule has 0 spiro atoms. The summed E-state index contributed by atoms with van der Waals surface area (Å²) in [5.41, 5.74) is 13.5. The summed E-state index contributed by atoms with van der Waals surface area (Å²) in [6, 6.07) is 62.7. The van der Waals surface area contributed by atoms with Crippen molar-refractivity contribution in [2.24, 2.45) is 17.8 Å². The van der Waals surface area contributed by atoms with Gasteiger partial charge in [0, 0.05) is 49.1 Å². The van der Waals surface area contributed by atoms with Gasteiger partial charge in [0.05, 0.1) is 16.6 Å². The van der Waals surface area contributed by atoms with E-state index in [9.17, 15) is 0 Å². The monoisotopic (exact) mass is 864 g/mol. The van der Waals surface area contributed by atoms with Crippen LogP contribution in [0, 0.1) is 17.8 Å². The smallest absolute Gasteiger partial charge is 0.167 e. The molecule has 4 aliphatic rings. The molecule has 4 fully saturated rings. The van der Waals surface area contributed by atoms with Gasteiger partial charge in [0.1, 0.15) is 22.3 Å². The minimum absolute atomic E-state index is 0.315. The van der Waals surface area contributed by atoms with Crippen LogP contribution in [0.1, 0.15) is 44.1 Å². The second-order valence-corrected chi connectivity index (χ2v) is 19.8. The zero-order chi connectivity index (χ0) is 43.8. The molecule has 12 aromatic rings. The summed E-state index contributed by atoms with van der Waals surface area (Å²) in [7, 11) is 0. The van der Waals surface area contributed by atoms with Gasteiger partial charge in [0.2, 0.25) is 0 Å². The molecule has 320 valence electrons. The van der Waals surface area contributed by atoms with Crippen molar-refractivity contribution in [2.75, 3.05) is 0 Å². The fraction of sp³-hybridized carbons (Fsp3) is 0.164. The van der Waals surface area contributed by atoms with Gasteiger partial charge in [-0.2, -0.15) is 0 Å². The molecule has 0 aliphatic heterocycles. The molecule has 8 aromatic carbocycles. The van der Waals surface area contributed by atoms with E-state index in [1.165, 1.54) is 49.5 Å². The average molecular weight is 865 g/mol. The number of fused-ring (bicyclic) bond motifs is 9. The van der Waals surface area contributed by atoms with E-state index >= 15 is 0 Å². The molecule has 4 saturated carbocycles. The number of para-hydroxylation sites is 4. The Morgan fingerprint density at radius 3 is 1.76 bits per heavy atom. The molecule has 4 bridgehead atoms. The predicted octanol–water partition coefficient (Wildman–Crippen LogP) is 15.9. The number of benzene rings is 8. The van der Waals surface area contributed by atoms with E-state index in [1.54, 1.807) is 0 Å². The van der Waals surface area contributed by atoms with Crippen LogP contribution in [0.4, 0.5) is 0 Å². The molecule has 16 rings (SSSR count). The van der Waals surface area contributed by atoms with Gasteiger partial charge in [-0.3, -0.25) is 0 Å². The first-order valence-electron chi connectivity index (χ1n) is 23.9. The Morgan fingerprint density at radius 2 is 0.985 bits per heavy atom. The summed E-state index contributed by atoms with van der Waals surface area (Å²) in [5.74, 6) is 4.52. The van der Waals surface area contributed by atoms with Crippen molar-refractivity contribution in [1.29, 1.82) is 0 Å². The van der Waals surface area contributed by atoms with E-state index in [0.717, 1.165) is 112 Å². The van der Waals surface area contributed by atoms with Crippen LogP contribution in [0.3, 0.4) is 0 Å². The van der Waals surface area contributed by atoms with Crippen LogP contribution in [-0.2, 0) is 5.41 Å². The van der Waals surface area contributed by atoms with Crippen molar-refractivity contribution >= 4 is 65.7 Å². The zero-order valence-corrected chi connectivity index (χ0v) is 36.8. The number of nitrogens with zero attached hydrogens (tertiary/aromatic N) is 4. The van der Waals surface area contributed by atoms with Crippen LogP contribution in [-0.4, -0.2) is 19.5 Å². The quantitative estimate of drug-likeness (QED) is 0.167. The molecule has 4 aromatic heterocycles. The maximum absolute atomic E-state index is 6.59. The number of rotatable bonds is 6. The normalized spacial score (nSPS) is 20.1. The summed E-state index contributed by atoms with van der Waals surface area (Å²) in [6.07, 6.45) is 8.31. The van der Waals surface area contributed by atoms with E-state index in [1.807, 2.05) is 24.3 Å². The molecule has 4 aliphatic carbocycles. The Bertz CT molecular complexity index is 3930. The van der Waals surface area contributed by atoms with Crippen LogP contribution in [0.15, 0.2) is 185 Å². The highest BCUT2D eigenvalue weighted by atomic mass is 16.3. The lowest BCUT2D eigenvalue weighted by atomic mass is 9.48. The van der Waals surface area contributed by atoms with Crippen LogP contribution < -0.4 is 0 Å². The second kappa shape index (κ2) is 14.1. The number of hydrogen-bond donors (Lipinski definition) is 0. The average Bonchev–Trinajstić information content (AvgIpc) is 4.05. The largest absolute Gasteiger partial charge is 0.456 e. The van der Waals surface area contributed by atoms with Crippen molar-refractivity contribution in [3.05, 3.63) is 181 Å². The third-order valence-corrected chi connectivity index (χ3v) is 15.8. The fourth-order valence-electron chi connectivity index (χ4n) is 13.2. The highest BCUT2D eigenvalue weighted by molar-refractivity contribution is 6.12. The molecular weight excluding hydrogens is 821 g/mol. The van der Waals surface area contributed by atoms with Crippen molar-refractivity contribution in [1.82, 2.24) is 19.5 Å². The van der Waals surface area contributed by atoms with E-state index in [2.05, 4.69) is 156 Å². The minimum atomic E-state index is 0.315. The minimum Gasteiger partial charge on any atom is -0.456 e. The molecule has 0 radical (unpaired) electrons. The van der Waals surface area contributed by atoms with Crippen molar-refractivity contribution < 1.29 is 8.83 Å². The van der Waals surface area contributed by atoms with Crippen LogP contribution in [0.5, 0.6) is 0 Å². The van der Waals surface area contributed by atoms with Crippen molar-refractivity contribution in [2.45, 2.75) is 43.9 Å². The van der Waals surface area contributed by atoms with Gasteiger partial charge in [-0.15, -0.1) is 0 Å². The summed E-state index contributed by atoms with van der Waals surface area (Å²) in [4.78, 5) is 15.9. The number of aromatic nitrogens is 4. The maximum Gasteiger partial charge on any atom is 0.167 e. The molecule has 0 atom stereocenters. The summed E-state index contributed by atoms with van der Waals surface area (Å²) in [6.45, 7) is 0. The summed E-state index contributed by atoms with van der Waals surface area (Å²) < 4.78 is 15.3. The highest BCUT2D eigenvalue weighted by Crippen LogP contribution is 2.61. The number of hydrogen-bond acceptors (Lipinski definition) is 5. The summed E-state index contributed by atoms with van der Waals surface area (Å²) >= 11 is 0. The Labute approximate surface area is 386 Å². The number of furan rings is 2. The Kier molecular flexibility index (Phi) is 7.86. The van der Waals surface area contributed by atoms with Gasteiger partial charge in [-0.1, -0.05) is 115 Å². The van der Waals surface area contributed by atoms with Gasteiger partial charge >= 0.3 is 0 Å². The first-order chi connectivity index (χ1) is 33.1. The molecular formula is C61H44N4O2. The first-order valence-corrected chi connectivity index (χ1v) is 23.9. The Morgan fingerprint density at radius 1 is 0.403 bits per heavy atom. The maximum atomic E-state index is 6.59. The van der Waals surface area contributed by atoms with Crippen LogP contribution in [0.25, 0.3) is 117 Å². The van der Waals surface area contributed by atoms with E-state index in [-0.39, 0.29) is 0 Å². The van der Waals surface area contributed by atoms with E-state index < -0.39 is 0 Å². The second-order valence-electron chi connectivity index (χ2n) is 19.8. The standard InChI is InChI=1S/C61H44N4O2/c1-2-9-44(10-3-1)65-52-26-21-40(41-19-25-48-46-11-4-6-15-54(46)66-56(48)32-41)30-51(52)45-24-20-42(31-53(45)65)59-62-58(39-17-22-43(23-18-39)61-33-36-27-37(34-61)29-38(28-36)35-61)63-60(64-59)50-14-8-13-49-47-12-5-7-16-55(47)67-57(49)50/h1-26,30-32,36-38H,27-29,33-35H2. The molecule has 4 heterocycles. The van der Waals surface area contributed by atoms with Crippen molar-refractivity contribution in [3.63, 3.8) is 0 Å². The molecule has 67 heavy (non-hydrogen) atoms. The third-order valence-electron chi connectivity index (χ3n) is 15.8. The zero-order valence-electron chi connectivity index (χ0n) is 36.8. The predicted molar refractivity (Wildman–Crippen MR) is 270 cm³/mol. The molecule has 0 saturated heterocycles. The fourth-order valence-corrected chi connectivity index (χ4v) is 13.2. The topological polar surface area (TPSA) is 69.9 Å². The van der Waals surface area contributed by atoms with E-state index in [0.29, 0.717) is 22.9 Å². The van der Waals surface area contributed by atoms with Gasteiger partial charge < -0.3 is 13.4 Å². The molecule has 6 heteroatoms. The van der Waals surface area contributed by atoms with Gasteiger partial charge in [-0.25, -0.2) is 15.0 Å². The lowest BCUT2D eigenvalue weighted by Crippen LogP contribution is -2.48. The first kappa shape index (κ1) is 37.4. The van der Waals surface area contributed by atoms with Gasteiger partial charge in [0.15, 0.2) is 17.5 Å². The lowest BCUT2D eigenvalue weighted by molar-refractivity contribution is -0.00518. The van der Waals surface area contributed by atoms with Gasteiger partial charge in [0.25, 0.3) is 0 Å².